The largest absolute Gasteiger partial charge is 0.438 e. The molecule has 132 valence electrons. The highest BCUT2D eigenvalue weighted by molar-refractivity contribution is 5.92. The molecule has 1 fully saturated rings. The molecule has 0 radical (unpaired) electrons. The van der Waals surface area contributed by atoms with Gasteiger partial charge in [-0.1, -0.05) is 17.3 Å². The number of hydrogen-bond donors (Lipinski definition) is 1. The zero-order chi connectivity index (χ0) is 17.7. The Bertz CT molecular complexity index is 986. The van der Waals surface area contributed by atoms with E-state index in [-0.39, 0.29) is 17.7 Å². The summed E-state index contributed by atoms with van der Waals surface area (Å²) in [5, 5.41) is 7.15. The Morgan fingerprint density at radius 1 is 1.27 bits per heavy atom. The molecule has 2 aliphatic rings. The van der Waals surface area contributed by atoms with Crippen LogP contribution in [0.15, 0.2) is 33.5 Å². The fourth-order valence-electron chi connectivity index (χ4n) is 3.50. The Balaban J connectivity index is 1.36. The van der Waals surface area contributed by atoms with E-state index in [0.717, 1.165) is 42.7 Å². The van der Waals surface area contributed by atoms with Crippen molar-refractivity contribution in [2.75, 3.05) is 0 Å². The highest BCUT2D eigenvalue weighted by atomic mass is 16.5. The molecule has 1 aromatic carbocycles. The summed E-state index contributed by atoms with van der Waals surface area (Å²) in [5.74, 6) is 1.88. The maximum absolute atomic E-state index is 12.4. The lowest BCUT2D eigenvalue weighted by molar-refractivity contribution is 0.0908. The summed E-state index contributed by atoms with van der Waals surface area (Å²) < 4.78 is 10.5. The molecule has 0 spiro atoms. The lowest BCUT2D eigenvalue weighted by Crippen LogP contribution is -2.27. The van der Waals surface area contributed by atoms with Crippen molar-refractivity contribution in [1.82, 2.24) is 20.4 Å². The van der Waals surface area contributed by atoms with Crippen molar-refractivity contribution in [2.24, 2.45) is 0 Å². The Hall–Kier alpha value is -2.96. The molecule has 0 unspecified atom stereocenters. The minimum atomic E-state index is -0.228. The van der Waals surface area contributed by atoms with Gasteiger partial charge < -0.3 is 14.3 Å². The highest BCUT2D eigenvalue weighted by Gasteiger charge is 2.30. The van der Waals surface area contributed by atoms with Gasteiger partial charge in [-0.15, -0.1) is 0 Å². The summed E-state index contributed by atoms with van der Waals surface area (Å²) in [5.41, 5.74) is 3.89. The molecule has 26 heavy (non-hydrogen) atoms. The molecule has 3 aromatic rings. The van der Waals surface area contributed by atoms with Crippen LogP contribution in [0.1, 0.15) is 64.5 Å². The smallest absolute Gasteiger partial charge is 0.289 e. The van der Waals surface area contributed by atoms with E-state index in [1.807, 2.05) is 12.1 Å². The van der Waals surface area contributed by atoms with Gasteiger partial charge in [-0.3, -0.25) is 4.79 Å². The predicted molar refractivity (Wildman–Crippen MR) is 91.5 cm³/mol. The van der Waals surface area contributed by atoms with Gasteiger partial charge in [0.05, 0.1) is 11.7 Å². The number of oxazole rings is 1. The van der Waals surface area contributed by atoms with Crippen molar-refractivity contribution in [3.8, 4) is 11.4 Å². The van der Waals surface area contributed by atoms with Crippen molar-refractivity contribution in [3.05, 3.63) is 53.1 Å². The van der Waals surface area contributed by atoms with Crippen LogP contribution in [0, 0.1) is 6.92 Å². The average Bonchev–Trinajstić information content (AvgIpc) is 3.05. The molecule has 7 heteroatoms. The van der Waals surface area contributed by atoms with Gasteiger partial charge in [0.2, 0.25) is 17.5 Å². The normalized spacial score (nSPS) is 18.7. The maximum Gasteiger partial charge on any atom is 0.289 e. The van der Waals surface area contributed by atoms with Crippen molar-refractivity contribution in [1.29, 1.82) is 0 Å². The predicted octanol–water partition coefficient (Wildman–Crippen LogP) is 3.33. The van der Waals surface area contributed by atoms with Crippen LogP contribution < -0.4 is 5.32 Å². The van der Waals surface area contributed by atoms with E-state index < -0.39 is 0 Å². The molecule has 1 N–H and O–H groups in total. The second-order valence-electron chi connectivity index (χ2n) is 6.98. The molecule has 2 heterocycles. The zero-order valence-electron chi connectivity index (χ0n) is 14.4. The summed E-state index contributed by atoms with van der Waals surface area (Å²) in [6.07, 6.45) is 5.32. The molecule has 7 nitrogen and oxygen atoms in total. The third-order valence-corrected chi connectivity index (χ3v) is 5.10. The minimum absolute atomic E-state index is 0.0247. The number of aromatic nitrogens is 3. The second-order valence-corrected chi connectivity index (χ2v) is 6.98. The molecular weight excluding hydrogens is 332 g/mol. The van der Waals surface area contributed by atoms with Crippen LogP contribution in [0.5, 0.6) is 0 Å². The van der Waals surface area contributed by atoms with E-state index in [2.05, 4.69) is 26.5 Å². The van der Waals surface area contributed by atoms with Gasteiger partial charge in [0.15, 0.2) is 6.39 Å². The van der Waals surface area contributed by atoms with Crippen LogP contribution in [0.25, 0.3) is 11.4 Å². The van der Waals surface area contributed by atoms with Crippen molar-refractivity contribution in [3.63, 3.8) is 0 Å². The van der Waals surface area contributed by atoms with Crippen molar-refractivity contribution < 1.29 is 13.7 Å². The van der Waals surface area contributed by atoms with Crippen LogP contribution in [0.4, 0.5) is 0 Å². The van der Waals surface area contributed by atoms with Crippen molar-refractivity contribution in [2.45, 2.75) is 44.6 Å². The minimum Gasteiger partial charge on any atom is -0.438 e. The number of hydrogen-bond acceptors (Lipinski definition) is 6. The van der Waals surface area contributed by atoms with Gasteiger partial charge in [0.1, 0.15) is 0 Å². The molecule has 2 aromatic heterocycles. The third kappa shape index (κ3) is 2.60. The van der Waals surface area contributed by atoms with E-state index in [1.165, 1.54) is 12.0 Å². The average molecular weight is 350 g/mol. The number of fused-ring (bicyclic) bond motifs is 1. The molecule has 0 aliphatic heterocycles. The summed E-state index contributed by atoms with van der Waals surface area (Å²) in [7, 11) is 0. The summed E-state index contributed by atoms with van der Waals surface area (Å²) in [4.78, 5) is 20.9. The molecule has 0 bridgehead atoms. The number of nitrogens with zero attached hydrogens (tertiary/aromatic N) is 3. The fraction of sp³-hybridized carbons (Fsp3) is 0.368. The van der Waals surface area contributed by atoms with E-state index in [4.69, 9.17) is 8.94 Å². The Morgan fingerprint density at radius 2 is 2.15 bits per heavy atom. The molecule has 2 aliphatic carbocycles. The van der Waals surface area contributed by atoms with Crippen LogP contribution in [-0.2, 0) is 6.42 Å². The topological polar surface area (TPSA) is 94.1 Å². The maximum atomic E-state index is 12.4. The summed E-state index contributed by atoms with van der Waals surface area (Å²) >= 11 is 0. The highest BCUT2D eigenvalue weighted by Crippen LogP contribution is 2.40. The summed E-state index contributed by atoms with van der Waals surface area (Å²) in [6, 6.07) is 6.11. The van der Waals surface area contributed by atoms with Crippen LogP contribution in [0.2, 0.25) is 0 Å². The van der Waals surface area contributed by atoms with Crippen LogP contribution >= 0.6 is 0 Å². The van der Waals surface area contributed by atoms with Gasteiger partial charge in [-0.2, -0.15) is 4.98 Å². The van der Waals surface area contributed by atoms with E-state index >= 15 is 0 Å². The molecule has 1 amide bonds. The Labute approximate surface area is 149 Å². The molecule has 0 saturated heterocycles. The SMILES string of the molecule is Cc1ncoc1C(=O)N[C@@H]1CCc2cc(-c3noc(C4CC4)n3)ccc21. The van der Waals surface area contributed by atoms with E-state index in [9.17, 15) is 4.79 Å². The first kappa shape index (κ1) is 15.3. The van der Waals surface area contributed by atoms with Crippen molar-refractivity contribution >= 4 is 5.91 Å². The third-order valence-electron chi connectivity index (χ3n) is 5.10. The lowest BCUT2D eigenvalue weighted by atomic mass is 10.0. The first-order valence-electron chi connectivity index (χ1n) is 8.87. The molecular formula is C19H18N4O3. The molecule has 1 atom stereocenters. The van der Waals surface area contributed by atoms with Gasteiger partial charge in [-0.25, -0.2) is 4.98 Å². The second kappa shape index (κ2) is 5.79. The first-order valence-corrected chi connectivity index (χ1v) is 8.87. The monoisotopic (exact) mass is 350 g/mol. The number of nitrogens with one attached hydrogen (secondary N) is 1. The van der Waals surface area contributed by atoms with Crippen LogP contribution in [0.3, 0.4) is 0 Å². The van der Waals surface area contributed by atoms with E-state index in [0.29, 0.717) is 17.4 Å². The van der Waals surface area contributed by atoms with Gasteiger partial charge in [0.25, 0.3) is 5.91 Å². The number of rotatable bonds is 4. The number of amides is 1. The summed E-state index contributed by atoms with van der Waals surface area (Å²) in [6.45, 7) is 1.76. The van der Waals surface area contributed by atoms with Gasteiger partial charge in [0, 0.05) is 11.5 Å². The molecule has 5 rings (SSSR count). The van der Waals surface area contributed by atoms with Crippen LogP contribution in [-0.4, -0.2) is 21.0 Å². The quantitative estimate of drug-likeness (QED) is 0.776. The standard InChI is InChI=1S/C19H18N4O3/c1-10-16(25-9-20-10)18(24)21-15-7-5-12-8-13(4-6-14(12)15)17-22-19(26-23-17)11-2-3-11/h4,6,8-9,11,15H,2-3,5,7H2,1H3,(H,21,24)/t15-/m1/s1. The van der Waals surface area contributed by atoms with Gasteiger partial charge >= 0.3 is 0 Å². The number of benzene rings is 1. The number of carbonyl (C=O) groups excluding carboxylic acids is 1. The van der Waals surface area contributed by atoms with E-state index in [1.54, 1.807) is 6.92 Å². The fourth-order valence-corrected chi connectivity index (χ4v) is 3.50. The molecule has 1 saturated carbocycles. The first-order chi connectivity index (χ1) is 12.7. The lowest BCUT2D eigenvalue weighted by Gasteiger charge is -2.13. The Morgan fingerprint density at radius 3 is 2.92 bits per heavy atom. The zero-order valence-corrected chi connectivity index (χ0v) is 14.4. The number of aryl methyl sites for hydroxylation is 2. The number of carbonyl (C=O) groups is 1. The Kier molecular flexibility index (Phi) is 3.41. The van der Waals surface area contributed by atoms with Gasteiger partial charge in [-0.05, 0) is 49.8 Å².